The third kappa shape index (κ3) is 2.32. The third-order valence-electron chi connectivity index (χ3n) is 2.97. The van der Waals surface area contributed by atoms with Crippen LogP contribution < -0.4 is 4.57 Å². The quantitative estimate of drug-likeness (QED) is 0.723. The van der Waals surface area contributed by atoms with Crippen molar-refractivity contribution in [3.8, 4) is 0 Å². The number of methoxy groups -OCH3 is 1. The van der Waals surface area contributed by atoms with Crippen LogP contribution in [0.5, 0.6) is 0 Å². The molecule has 90 valence electrons. The number of ether oxygens (including phenoxy) is 1. The monoisotopic (exact) mass is 230 g/mol. The van der Waals surface area contributed by atoms with Crippen molar-refractivity contribution in [3.63, 3.8) is 0 Å². The molecule has 1 aromatic heterocycles. The van der Waals surface area contributed by atoms with E-state index in [0.29, 0.717) is 6.61 Å². The lowest BCUT2D eigenvalue weighted by Crippen LogP contribution is -2.53. The lowest BCUT2D eigenvalue weighted by molar-refractivity contribution is -0.760. The first-order valence-corrected chi connectivity index (χ1v) is 5.96. The summed E-state index contributed by atoms with van der Waals surface area (Å²) in [5.41, 5.74) is 1.30. The number of fused-ring (bicyclic) bond motifs is 1. The standard InChI is InChI=1S/C15H20NO/c1-15(2,3)16-10-9-12-7-5-6-8-13(12)14(16)11-17-4/h5-10H,11H2,1-4H3/q+1. The lowest BCUT2D eigenvalue weighted by Gasteiger charge is -2.17. The molecule has 2 aromatic rings. The van der Waals surface area contributed by atoms with Gasteiger partial charge in [0.25, 0.3) is 0 Å². The Hall–Kier alpha value is -1.41. The van der Waals surface area contributed by atoms with Gasteiger partial charge in [0.2, 0.25) is 5.69 Å². The number of benzene rings is 1. The van der Waals surface area contributed by atoms with Crippen molar-refractivity contribution >= 4 is 10.8 Å². The van der Waals surface area contributed by atoms with Crippen molar-refractivity contribution in [2.75, 3.05) is 7.11 Å². The van der Waals surface area contributed by atoms with Gasteiger partial charge in [-0.05, 0) is 11.5 Å². The van der Waals surface area contributed by atoms with E-state index in [1.807, 2.05) is 0 Å². The smallest absolute Gasteiger partial charge is 0.215 e. The molecule has 0 bridgehead atoms. The maximum Gasteiger partial charge on any atom is 0.215 e. The zero-order valence-corrected chi connectivity index (χ0v) is 11.0. The van der Waals surface area contributed by atoms with Gasteiger partial charge in [-0.2, -0.15) is 4.57 Å². The van der Waals surface area contributed by atoms with E-state index in [1.54, 1.807) is 7.11 Å². The van der Waals surface area contributed by atoms with E-state index < -0.39 is 0 Å². The molecule has 0 atom stereocenters. The highest BCUT2D eigenvalue weighted by Crippen LogP contribution is 2.18. The molecule has 0 spiro atoms. The Morgan fingerprint density at radius 3 is 2.47 bits per heavy atom. The van der Waals surface area contributed by atoms with Crippen LogP contribution in [0.15, 0.2) is 36.5 Å². The van der Waals surface area contributed by atoms with Crippen molar-refractivity contribution in [1.29, 1.82) is 0 Å². The van der Waals surface area contributed by atoms with Crippen LogP contribution >= 0.6 is 0 Å². The molecular formula is C15H20NO+. The molecule has 0 unspecified atom stereocenters. The van der Waals surface area contributed by atoms with Crippen LogP contribution in [-0.2, 0) is 16.9 Å². The molecule has 0 N–H and O–H groups in total. The first-order valence-electron chi connectivity index (χ1n) is 5.96. The molecule has 0 aliphatic heterocycles. The second kappa shape index (κ2) is 4.46. The second-order valence-electron chi connectivity index (χ2n) is 5.32. The molecule has 1 aromatic carbocycles. The number of hydrogen-bond donors (Lipinski definition) is 0. The summed E-state index contributed by atoms with van der Waals surface area (Å²) < 4.78 is 7.64. The third-order valence-corrected chi connectivity index (χ3v) is 2.97. The molecule has 2 nitrogen and oxygen atoms in total. The predicted octanol–water partition coefficient (Wildman–Crippen LogP) is 3.03. The van der Waals surface area contributed by atoms with Crippen molar-refractivity contribution in [3.05, 3.63) is 42.2 Å². The SMILES string of the molecule is COCc1c2ccccc2cc[n+]1C(C)(C)C. The van der Waals surface area contributed by atoms with Gasteiger partial charge < -0.3 is 4.74 Å². The van der Waals surface area contributed by atoms with Crippen LogP contribution in [0.3, 0.4) is 0 Å². The molecule has 2 heteroatoms. The zero-order chi connectivity index (χ0) is 12.5. The second-order valence-corrected chi connectivity index (χ2v) is 5.32. The van der Waals surface area contributed by atoms with E-state index in [9.17, 15) is 0 Å². The summed E-state index contributed by atoms with van der Waals surface area (Å²) in [5.74, 6) is 0. The predicted molar refractivity (Wildman–Crippen MR) is 69.9 cm³/mol. The summed E-state index contributed by atoms with van der Waals surface area (Å²) in [6.45, 7) is 7.27. The van der Waals surface area contributed by atoms with Gasteiger partial charge in [-0.25, -0.2) is 0 Å². The number of hydrogen-bond acceptors (Lipinski definition) is 1. The highest BCUT2D eigenvalue weighted by Gasteiger charge is 2.26. The average Bonchev–Trinajstić information content (AvgIpc) is 2.28. The minimum Gasteiger partial charge on any atom is -0.374 e. The van der Waals surface area contributed by atoms with Crippen LogP contribution in [0.1, 0.15) is 26.5 Å². The number of nitrogens with zero attached hydrogens (tertiary/aromatic N) is 1. The summed E-state index contributed by atoms with van der Waals surface area (Å²) in [6.07, 6.45) is 2.15. The Balaban J connectivity index is 2.73. The first kappa shape index (κ1) is 12.1. The molecule has 0 radical (unpaired) electrons. The van der Waals surface area contributed by atoms with Gasteiger partial charge in [-0.3, -0.25) is 0 Å². The van der Waals surface area contributed by atoms with E-state index in [-0.39, 0.29) is 5.54 Å². The van der Waals surface area contributed by atoms with E-state index in [2.05, 4.69) is 61.9 Å². The van der Waals surface area contributed by atoms with E-state index in [1.165, 1.54) is 16.5 Å². The topological polar surface area (TPSA) is 13.1 Å². The van der Waals surface area contributed by atoms with Crippen molar-refractivity contribution in [2.24, 2.45) is 0 Å². The first-order chi connectivity index (χ1) is 8.04. The van der Waals surface area contributed by atoms with Crippen molar-refractivity contribution in [2.45, 2.75) is 32.9 Å². The average molecular weight is 230 g/mol. The van der Waals surface area contributed by atoms with Gasteiger partial charge in [0.1, 0.15) is 6.61 Å². The fraction of sp³-hybridized carbons (Fsp3) is 0.400. The fourth-order valence-electron chi connectivity index (χ4n) is 2.19. The summed E-state index contributed by atoms with van der Waals surface area (Å²) >= 11 is 0. The Bertz CT molecular complexity index is 526. The molecule has 2 rings (SSSR count). The molecule has 0 aliphatic carbocycles. The maximum absolute atomic E-state index is 5.35. The number of aromatic nitrogens is 1. The lowest BCUT2D eigenvalue weighted by atomic mass is 10.0. The molecule has 0 amide bonds. The van der Waals surface area contributed by atoms with Crippen LogP contribution in [0.2, 0.25) is 0 Å². The van der Waals surface area contributed by atoms with Gasteiger partial charge >= 0.3 is 0 Å². The highest BCUT2D eigenvalue weighted by molar-refractivity contribution is 5.83. The maximum atomic E-state index is 5.35. The zero-order valence-electron chi connectivity index (χ0n) is 11.0. The van der Waals surface area contributed by atoms with Crippen molar-refractivity contribution in [1.82, 2.24) is 0 Å². The Morgan fingerprint density at radius 2 is 1.82 bits per heavy atom. The highest BCUT2D eigenvalue weighted by atomic mass is 16.5. The van der Waals surface area contributed by atoms with Gasteiger partial charge in [0.15, 0.2) is 11.7 Å². The van der Waals surface area contributed by atoms with Gasteiger partial charge in [-0.1, -0.05) is 18.2 Å². The number of pyridine rings is 1. The summed E-state index contributed by atoms with van der Waals surface area (Å²) in [4.78, 5) is 0. The normalized spacial score (nSPS) is 12.0. The van der Waals surface area contributed by atoms with Crippen LogP contribution in [0.4, 0.5) is 0 Å². The van der Waals surface area contributed by atoms with E-state index in [0.717, 1.165) is 0 Å². The van der Waals surface area contributed by atoms with E-state index in [4.69, 9.17) is 4.74 Å². The summed E-state index contributed by atoms with van der Waals surface area (Å²) in [7, 11) is 1.74. The molecule has 1 heterocycles. The minimum atomic E-state index is 0.0674. The molecule has 17 heavy (non-hydrogen) atoms. The summed E-state index contributed by atoms with van der Waals surface area (Å²) in [5, 5.41) is 2.53. The largest absolute Gasteiger partial charge is 0.374 e. The molecular weight excluding hydrogens is 210 g/mol. The fourth-order valence-corrected chi connectivity index (χ4v) is 2.19. The molecule has 0 fully saturated rings. The van der Waals surface area contributed by atoms with Crippen LogP contribution in [0.25, 0.3) is 10.8 Å². The van der Waals surface area contributed by atoms with Crippen molar-refractivity contribution < 1.29 is 9.30 Å². The van der Waals surface area contributed by atoms with Gasteiger partial charge in [0.05, 0.1) is 5.39 Å². The van der Waals surface area contributed by atoms with E-state index >= 15 is 0 Å². The number of rotatable bonds is 2. The summed E-state index contributed by atoms with van der Waals surface area (Å²) in [6, 6.07) is 10.6. The minimum absolute atomic E-state index is 0.0674. The molecule has 0 aliphatic rings. The van der Waals surface area contributed by atoms with Gasteiger partial charge in [0, 0.05) is 33.9 Å². The van der Waals surface area contributed by atoms with Gasteiger partial charge in [-0.15, -0.1) is 0 Å². The Morgan fingerprint density at radius 1 is 1.12 bits per heavy atom. The van der Waals surface area contributed by atoms with Crippen LogP contribution in [-0.4, -0.2) is 7.11 Å². The Labute approximate surface area is 103 Å². The molecule has 0 saturated carbocycles. The van der Waals surface area contributed by atoms with Crippen LogP contribution in [0, 0.1) is 0 Å². The Kier molecular flexibility index (Phi) is 3.16. The molecule has 0 saturated heterocycles.